The Morgan fingerprint density at radius 2 is 2.41 bits per heavy atom. The quantitative estimate of drug-likeness (QED) is 0.837. The molecule has 0 saturated carbocycles. The van der Waals surface area contributed by atoms with Crippen LogP contribution in [0, 0.1) is 0 Å². The van der Waals surface area contributed by atoms with Crippen molar-refractivity contribution in [3.05, 3.63) is 12.4 Å². The van der Waals surface area contributed by atoms with Crippen LogP contribution in [0.5, 0.6) is 5.88 Å². The summed E-state index contributed by atoms with van der Waals surface area (Å²) in [6.07, 6.45) is 5.17. The number of nitrogens with zero attached hydrogens (tertiary/aromatic N) is 3. The van der Waals surface area contributed by atoms with Crippen molar-refractivity contribution in [2.24, 2.45) is 0 Å². The lowest BCUT2D eigenvalue weighted by Gasteiger charge is -2.19. The van der Waals surface area contributed by atoms with Crippen LogP contribution in [-0.4, -0.2) is 48.2 Å². The number of hydrogen-bond donors (Lipinski definition) is 1. The summed E-state index contributed by atoms with van der Waals surface area (Å²) in [4.78, 5) is 10.5. The molecule has 1 saturated heterocycles. The van der Waals surface area contributed by atoms with Crippen molar-refractivity contribution in [3.63, 3.8) is 0 Å². The lowest BCUT2D eigenvalue weighted by atomic mass is 10.1. The van der Waals surface area contributed by atoms with Gasteiger partial charge in [-0.2, -0.15) is 0 Å². The minimum atomic E-state index is 0.644. The van der Waals surface area contributed by atoms with Crippen LogP contribution >= 0.6 is 0 Å². The molecule has 0 aliphatic carbocycles. The molecule has 5 nitrogen and oxygen atoms in total. The fraction of sp³-hybridized carbons (Fsp3) is 0.667. The van der Waals surface area contributed by atoms with Crippen LogP contribution in [0.15, 0.2) is 12.4 Å². The molecule has 0 radical (unpaired) electrons. The van der Waals surface area contributed by atoms with Gasteiger partial charge in [0.2, 0.25) is 5.88 Å². The van der Waals surface area contributed by atoms with Gasteiger partial charge in [0.25, 0.3) is 0 Å². The normalized spacial score (nSPS) is 20.5. The summed E-state index contributed by atoms with van der Waals surface area (Å²) >= 11 is 0. The fourth-order valence-electron chi connectivity index (χ4n) is 2.20. The standard InChI is InChI=1S/C12H20N4O/c1-13-11-8-12(15-9-14-11)17-7-5-10-4-3-6-16(10)2/h8-10H,3-7H2,1-2H3,(H,13,14,15). The van der Waals surface area contributed by atoms with Gasteiger partial charge in [0.1, 0.15) is 12.1 Å². The summed E-state index contributed by atoms with van der Waals surface area (Å²) in [7, 11) is 4.01. The van der Waals surface area contributed by atoms with Crippen LogP contribution in [0.1, 0.15) is 19.3 Å². The molecule has 17 heavy (non-hydrogen) atoms. The number of rotatable bonds is 5. The van der Waals surface area contributed by atoms with Crippen LogP contribution in [-0.2, 0) is 0 Å². The van der Waals surface area contributed by atoms with Gasteiger partial charge in [-0.05, 0) is 32.9 Å². The molecule has 1 aromatic heterocycles. The van der Waals surface area contributed by atoms with E-state index in [1.54, 1.807) is 0 Å². The number of aromatic nitrogens is 2. The molecule has 2 rings (SSSR count). The number of hydrogen-bond acceptors (Lipinski definition) is 5. The molecule has 0 amide bonds. The first-order valence-electron chi connectivity index (χ1n) is 6.12. The monoisotopic (exact) mass is 236 g/mol. The number of likely N-dealkylation sites (tertiary alicyclic amines) is 1. The minimum absolute atomic E-state index is 0.644. The van der Waals surface area contributed by atoms with E-state index >= 15 is 0 Å². The van der Waals surface area contributed by atoms with Crippen molar-refractivity contribution >= 4 is 5.82 Å². The molecule has 94 valence electrons. The van der Waals surface area contributed by atoms with Crippen LogP contribution < -0.4 is 10.1 Å². The lowest BCUT2D eigenvalue weighted by molar-refractivity contribution is 0.228. The summed E-state index contributed by atoms with van der Waals surface area (Å²) in [6, 6.07) is 2.49. The Balaban J connectivity index is 1.77. The van der Waals surface area contributed by atoms with Gasteiger partial charge in [-0.3, -0.25) is 0 Å². The molecule has 0 bridgehead atoms. The average molecular weight is 236 g/mol. The molecule has 1 fully saturated rings. The van der Waals surface area contributed by atoms with Crippen LogP contribution in [0.4, 0.5) is 5.82 Å². The smallest absolute Gasteiger partial charge is 0.218 e. The summed E-state index contributed by atoms with van der Waals surface area (Å²) in [5.74, 6) is 1.43. The van der Waals surface area contributed by atoms with Crippen LogP contribution in [0.2, 0.25) is 0 Å². The Morgan fingerprint density at radius 1 is 1.53 bits per heavy atom. The van der Waals surface area contributed by atoms with Crippen LogP contribution in [0.25, 0.3) is 0 Å². The highest BCUT2D eigenvalue weighted by atomic mass is 16.5. The van der Waals surface area contributed by atoms with E-state index < -0.39 is 0 Å². The largest absolute Gasteiger partial charge is 0.477 e. The van der Waals surface area contributed by atoms with Crippen molar-refractivity contribution in [2.75, 3.05) is 32.6 Å². The summed E-state index contributed by atoms with van der Waals surface area (Å²) in [5, 5.41) is 2.97. The molecule has 1 aliphatic heterocycles. The fourth-order valence-corrected chi connectivity index (χ4v) is 2.20. The minimum Gasteiger partial charge on any atom is -0.477 e. The van der Waals surface area contributed by atoms with Gasteiger partial charge in [0, 0.05) is 19.2 Å². The first kappa shape index (κ1) is 12.1. The second-order valence-corrected chi connectivity index (χ2v) is 4.41. The van der Waals surface area contributed by atoms with Crippen LogP contribution in [0.3, 0.4) is 0 Å². The average Bonchev–Trinajstić information content (AvgIpc) is 2.76. The molecule has 5 heteroatoms. The molecule has 0 spiro atoms. The third-order valence-corrected chi connectivity index (χ3v) is 3.27. The van der Waals surface area contributed by atoms with Gasteiger partial charge in [-0.25, -0.2) is 9.97 Å². The maximum absolute atomic E-state index is 5.64. The first-order chi connectivity index (χ1) is 8.29. The Hall–Kier alpha value is -1.36. The van der Waals surface area contributed by atoms with E-state index in [0.29, 0.717) is 11.9 Å². The molecule has 1 aliphatic rings. The zero-order valence-corrected chi connectivity index (χ0v) is 10.5. The van der Waals surface area contributed by atoms with Gasteiger partial charge in [-0.1, -0.05) is 0 Å². The Labute approximate surface area is 102 Å². The van der Waals surface area contributed by atoms with Crippen molar-refractivity contribution in [3.8, 4) is 5.88 Å². The highest BCUT2D eigenvalue weighted by molar-refractivity contribution is 5.35. The third kappa shape index (κ3) is 3.30. The summed E-state index contributed by atoms with van der Waals surface area (Å²) in [5.41, 5.74) is 0. The van der Waals surface area contributed by atoms with Crippen molar-refractivity contribution in [2.45, 2.75) is 25.3 Å². The van der Waals surface area contributed by atoms with Gasteiger partial charge < -0.3 is 15.0 Å². The number of ether oxygens (including phenoxy) is 1. The SMILES string of the molecule is CNc1cc(OCCC2CCCN2C)ncn1. The zero-order valence-electron chi connectivity index (χ0n) is 10.5. The lowest BCUT2D eigenvalue weighted by Crippen LogP contribution is -2.26. The van der Waals surface area contributed by atoms with E-state index in [1.807, 2.05) is 13.1 Å². The van der Waals surface area contributed by atoms with Crippen molar-refractivity contribution < 1.29 is 4.74 Å². The molecular weight excluding hydrogens is 216 g/mol. The van der Waals surface area contributed by atoms with Gasteiger partial charge in [-0.15, -0.1) is 0 Å². The maximum atomic E-state index is 5.64. The second kappa shape index (κ2) is 5.82. The predicted octanol–water partition coefficient (Wildman–Crippen LogP) is 1.38. The van der Waals surface area contributed by atoms with E-state index in [9.17, 15) is 0 Å². The van der Waals surface area contributed by atoms with E-state index in [1.165, 1.54) is 25.7 Å². The van der Waals surface area contributed by atoms with E-state index in [-0.39, 0.29) is 0 Å². The van der Waals surface area contributed by atoms with Gasteiger partial charge in [0.15, 0.2) is 0 Å². The number of anilines is 1. The van der Waals surface area contributed by atoms with Crippen molar-refractivity contribution in [1.29, 1.82) is 0 Å². The molecule has 1 unspecified atom stereocenters. The van der Waals surface area contributed by atoms with E-state index in [0.717, 1.165) is 18.8 Å². The maximum Gasteiger partial charge on any atom is 0.218 e. The van der Waals surface area contributed by atoms with E-state index in [2.05, 4.69) is 27.2 Å². The number of nitrogens with one attached hydrogen (secondary N) is 1. The van der Waals surface area contributed by atoms with Crippen molar-refractivity contribution in [1.82, 2.24) is 14.9 Å². The molecule has 1 N–H and O–H groups in total. The summed E-state index contributed by atoms with van der Waals surface area (Å²) < 4.78 is 5.64. The van der Waals surface area contributed by atoms with Gasteiger partial charge in [0.05, 0.1) is 6.61 Å². The van der Waals surface area contributed by atoms with Gasteiger partial charge >= 0.3 is 0 Å². The predicted molar refractivity (Wildman–Crippen MR) is 67.3 cm³/mol. The Kier molecular flexibility index (Phi) is 4.14. The zero-order chi connectivity index (χ0) is 12.1. The molecule has 1 aromatic rings. The highest BCUT2D eigenvalue weighted by Gasteiger charge is 2.20. The Bertz CT molecular complexity index is 358. The molecule has 2 heterocycles. The molecule has 0 aromatic carbocycles. The highest BCUT2D eigenvalue weighted by Crippen LogP contribution is 2.18. The molecular formula is C12H20N4O. The van der Waals surface area contributed by atoms with E-state index in [4.69, 9.17) is 4.74 Å². The first-order valence-corrected chi connectivity index (χ1v) is 6.12. The topological polar surface area (TPSA) is 50.3 Å². The molecule has 1 atom stereocenters. The summed E-state index contributed by atoms with van der Waals surface area (Å²) in [6.45, 7) is 1.93. The third-order valence-electron chi connectivity index (χ3n) is 3.27. The Morgan fingerprint density at radius 3 is 3.12 bits per heavy atom. The second-order valence-electron chi connectivity index (χ2n) is 4.41.